The Labute approximate surface area is 137 Å². The summed E-state index contributed by atoms with van der Waals surface area (Å²) in [6.45, 7) is 7.31. The van der Waals surface area contributed by atoms with Crippen LogP contribution in [0.15, 0.2) is 18.2 Å². The topological polar surface area (TPSA) is 52.7 Å². The average Bonchev–Trinajstić information content (AvgIpc) is 3.33. The van der Waals surface area contributed by atoms with Gasteiger partial charge in [-0.25, -0.2) is 0 Å². The number of amides is 2. The minimum absolute atomic E-state index is 0.105. The van der Waals surface area contributed by atoms with Crippen LogP contribution in [0.3, 0.4) is 0 Å². The fourth-order valence-electron chi connectivity index (χ4n) is 2.95. The lowest BCUT2D eigenvalue weighted by molar-refractivity contribution is -0.122. The highest BCUT2D eigenvalue weighted by Crippen LogP contribution is 2.18. The van der Waals surface area contributed by atoms with Gasteiger partial charge in [0.1, 0.15) is 0 Å². The normalized spacial score (nSPS) is 18.8. The first-order valence-corrected chi connectivity index (χ1v) is 8.41. The average molecular weight is 315 g/mol. The van der Waals surface area contributed by atoms with Crippen LogP contribution in [0, 0.1) is 13.8 Å². The fraction of sp³-hybridized carbons (Fsp3) is 0.556. The summed E-state index contributed by atoms with van der Waals surface area (Å²) in [4.78, 5) is 28.6. The van der Waals surface area contributed by atoms with Crippen molar-refractivity contribution < 1.29 is 9.59 Å². The summed E-state index contributed by atoms with van der Waals surface area (Å²) < 4.78 is 0. The smallest absolute Gasteiger partial charge is 0.254 e. The van der Waals surface area contributed by atoms with Gasteiger partial charge in [0.2, 0.25) is 5.91 Å². The monoisotopic (exact) mass is 315 g/mol. The Balaban J connectivity index is 1.52. The highest BCUT2D eigenvalue weighted by atomic mass is 16.2. The number of aryl methyl sites for hydroxylation is 2. The van der Waals surface area contributed by atoms with Gasteiger partial charge in [-0.2, -0.15) is 0 Å². The lowest BCUT2D eigenvalue weighted by atomic mass is 10.0. The second-order valence-electron chi connectivity index (χ2n) is 6.73. The number of carbonyl (C=O) groups is 2. The Morgan fingerprint density at radius 2 is 1.83 bits per heavy atom. The molecule has 1 aliphatic heterocycles. The summed E-state index contributed by atoms with van der Waals surface area (Å²) in [6, 6.07) is 6.41. The molecular formula is C18H25N3O2. The zero-order chi connectivity index (χ0) is 16.4. The third kappa shape index (κ3) is 4.10. The van der Waals surface area contributed by atoms with Crippen LogP contribution >= 0.6 is 0 Å². The first-order valence-electron chi connectivity index (χ1n) is 8.41. The van der Waals surface area contributed by atoms with Crippen molar-refractivity contribution in [3.8, 4) is 0 Å². The summed E-state index contributed by atoms with van der Waals surface area (Å²) in [5.74, 6) is 0.218. The van der Waals surface area contributed by atoms with Crippen LogP contribution in [0.25, 0.3) is 0 Å². The predicted molar refractivity (Wildman–Crippen MR) is 89.4 cm³/mol. The second kappa shape index (κ2) is 6.71. The molecule has 23 heavy (non-hydrogen) atoms. The molecule has 0 aromatic heterocycles. The van der Waals surface area contributed by atoms with Gasteiger partial charge in [-0.05, 0) is 38.3 Å². The lowest BCUT2D eigenvalue weighted by Gasteiger charge is -2.34. The number of benzene rings is 1. The van der Waals surface area contributed by atoms with E-state index in [0.717, 1.165) is 42.6 Å². The van der Waals surface area contributed by atoms with Crippen LogP contribution in [-0.2, 0) is 4.79 Å². The maximum atomic E-state index is 12.7. The maximum absolute atomic E-state index is 12.7. The van der Waals surface area contributed by atoms with Gasteiger partial charge in [-0.3, -0.25) is 14.5 Å². The van der Waals surface area contributed by atoms with Crippen LogP contribution in [0.1, 0.15) is 34.3 Å². The highest BCUT2D eigenvalue weighted by molar-refractivity contribution is 5.96. The molecule has 0 bridgehead atoms. The summed E-state index contributed by atoms with van der Waals surface area (Å²) in [6.07, 6.45) is 2.23. The molecule has 1 N–H and O–H groups in total. The highest BCUT2D eigenvalue weighted by Gasteiger charge is 2.27. The van der Waals surface area contributed by atoms with Crippen molar-refractivity contribution in [1.29, 1.82) is 0 Å². The zero-order valence-electron chi connectivity index (χ0n) is 14.0. The van der Waals surface area contributed by atoms with Crippen molar-refractivity contribution in [2.24, 2.45) is 0 Å². The van der Waals surface area contributed by atoms with Crippen molar-refractivity contribution in [2.75, 3.05) is 32.7 Å². The molecule has 2 amide bonds. The van der Waals surface area contributed by atoms with E-state index in [1.165, 1.54) is 0 Å². The first-order chi connectivity index (χ1) is 11.0. The molecule has 2 aliphatic rings. The van der Waals surface area contributed by atoms with Crippen molar-refractivity contribution in [1.82, 2.24) is 15.1 Å². The quantitative estimate of drug-likeness (QED) is 0.912. The molecule has 1 heterocycles. The fourth-order valence-corrected chi connectivity index (χ4v) is 2.95. The third-order valence-electron chi connectivity index (χ3n) is 4.59. The summed E-state index contributed by atoms with van der Waals surface area (Å²) >= 11 is 0. The van der Waals surface area contributed by atoms with Gasteiger partial charge in [0.25, 0.3) is 5.91 Å². The summed E-state index contributed by atoms with van der Waals surface area (Å²) in [5, 5.41) is 3.01. The Kier molecular flexibility index (Phi) is 4.66. The number of carbonyl (C=O) groups excluding carboxylic acids is 2. The molecule has 0 spiro atoms. The van der Waals surface area contributed by atoms with Gasteiger partial charge in [0.05, 0.1) is 6.54 Å². The molecule has 1 aromatic rings. The van der Waals surface area contributed by atoms with Crippen molar-refractivity contribution >= 4 is 11.8 Å². The molecule has 0 unspecified atom stereocenters. The molecule has 1 saturated carbocycles. The Bertz CT molecular complexity index is 602. The number of rotatable bonds is 4. The van der Waals surface area contributed by atoms with Crippen LogP contribution in [0.2, 0.25) is 0 Å². The van der Waals surface area contributed by atoms with Crippen molar-refractivity contribution in [2.45, 2.75) is 32.7 Å². The van der Waals surface area contributed by atoms with E-state index >= 15 is 0 Å². The van der Waals surface area contributed by atoms with Crippen LogP contribution < -0.4 is 5.32 Å². The summed E-state index contributed by atoms with van der Waals surface area (Å²) in [5.41, 5.74) is 2.92. The standard InChI is InChI=1S/C18H25N3O2/c1-13-3-4-14(2)16(11-13)18(23)21-9-7-20(8-10-21)12-17(22)19-15-5-6-15/h3-4,11,15H,5-10,12H2,1-2H3,(H,19,22). The van der Waals surface area contributed by atoms with Crippen LogP contribution in [0.5, 0.6) is 0 Å². The second-order valence-corrected chi connectivity index (χ2v) is 6.73. The number of nitrogens with zero attached hydrogens (tertiary/aromatic N) is 2. The lowest BCUT2D eigenvalue weighted by Crippen LogP contribution is -2.51. The minimum Gasteiger partial charge on any atom is -0.352 e. The van der Waals surface area contributed by atoms with E-state index in [0.29, 0.717) is 25.7 Å². The molecule has 0 radical (unpaired) electrons. The van der Waals surface area contributed by atoms with Crippen LogP contribution in [-0.4, -0.2) is 60.4 Å². The molecule has 5 nitrogen and oxygen atoms in total. The molecule has 1 saturated heterocycles. The van der Waals surface area contributed by atoms with Gasteiger partial charge < -0.3 is 10.2 Å². The Morgan fingerprint density at radius 1 is 1.13 bits per heavy atom. The number of piperazine rings is 1. The molecule has 2 fully saturated rings. The van der Waals surface area contributed by atoms with E-state index in [2.05, 4.69) is 10.2 Å². The van der Waals surface area contributed by atoms with Crippen molar-refractivity contribution in [3.05, 3.63) is 34.9 Å². The SMILES string of the molecule is Cc1ccc(C)c(C(=O)N2CCN(CC(=O)NC3CC3)CC2)c1. The maximum Gasteiger partial charge on any atom is 0.254 e. The molecule has 1 aromatic carbocycles. The van der Waals surface area contributed by atoms with E-state index in [9.17, 15) is 9.59 Å². The van der Waals surface area contributed by atoms with E-state index in [4.69, 9.17) is 0 Å². The van der Waals surface area contributed by atoms with Crippen molar-refractivity contribution in [3.63, 3.8) is 0 Å². The molecule has 0 atom stereocenters. The van der Waals surface area contributed by atoms with Crippen LogP contribution in [0.4, 0.5) is 0 Å². The first kappa shape index (κ1) is 16.0. The van der Waals surface area contributed by atoms with E-state index in [1.807, 2.05) is 36.9 Å². The zero-order valence-corrected chi connectivity index (χ0v) is 14.0. The van der Waals surface area contributed by atoms with Gasteiger partial charge in [0.15, 0.2) is 0 Å². The number of nitrogens with one attached hydrogen (secondary N) is 1. The molecule has 3 rings (SSSR count). The third-order valence-corrected chi connectivity index (χ3v) is 4.59. The molecule has 1 aliphatic carbocycles. The summed E-state index contributed by atoms with van der Waals surface area (Å²) in [7, 11) is 0. The largest absolute Gasteiger partial charge is 0.352 e. The molecule has 5 heteroatoms. The number of hydrogen-bond acceptors (Lipinski definition) is 3. The molecular weight excluding hydrogens is 290 g/mol. The van der Waals surface area contributed by atoms with Gasteiger partial charge in [0, 0.05) is 37.8 Å². The van der Waals surface area contributed by atoms with E-state index in [1.54, 1.807) is 0 Å². The van der Waals surface area contributed by atoms with E-state index in [-0.39, 0.29) is 11.8 Å². The van der Waals surface area contributed by atoms with Gasteiger partial charge in [-0.1, -0.05) is 17.7 Å². The van der Waals surface area contributed by atoms with Gasteiger partial charge in [-0.15, -0.1) is 0 Å². The Hall–Kier alpha value is -1.88. The number of hydrogen-bond donors (Lipinski definition) is 1. The predicted octanol–water partition coefficient (Wildman–Crippen LogP) is 1.34. The minimum atomic E-state index is 0.105. The Morgan fingerprint density at radius 3 is 2.48 bits per heavy atom. The van der Waals surface area contributed by atoms with Gasteiger partial charge >= 0.3 is 0 Å². The molecule has 124 valence electrons. The van der Waals surface area contributed by atoms with E-state index < -0.39 is 0 Å².